The van der Waals surface area contributed by atoms with Crippen LogP contribution in [0.3, 0.4) is 0 Å². The van der Waals surface area contributed by atoms with Crippen molar-refractivity contribution < 1.29 is 14.3 Å². The molecule has 0 unspecified atom stereocenters. The smallest absolute Gasteiger partial charge is 0.431 e. The summed E-state index contributed by atoms with van der Waals surface area (Å²) in [7, 11) is 0. The lowest BCUT2D eigenvalue weighted by molar-refractivity contribution is -0.0104. The number of hydrogen-bond acceptors (Lipinski definition) is 3. The van der Waals surface area contributed by atoms with E-state index in [0.29, 0.717) is 0 Å². The molecule has 0 amide bonds. The fraction of sp³-hybridized carbons (Fsp3) is 0.933. The summed E-state index contributed by atoms with van der Waals surface area (Å²) in [6, 6.07) is 0. The summed E-state index contributed by atoms with van der Waals surface area (Å²) in [6.07, 6.45) is 7.41. The molecule has 0 saturated heterocycles. The second kappa shape index (κ2) is 11.4. The van der Waals surface area contributed by atoms with E-state index in [4.69, 9.17) is 9.47 Å². The van der Waals surface area contributed by atoms with E-state index in [0.717, 1.165) is 51.4 Å². The van der Waals surface area contributed by atoms with Gasteiger partial charge in [-0.3, -0.25) is 0 Å². The second-order valence-electron chi connectivity index (χ2n) is 4.88. The third kappa shape index (κ3) is 8.37. The van der Waals surface area contributed by atoms with Crippen LogP contribution in [0, 0.1) is 0 Å². The highest BCUT2D eigenvalue weighted by molar-refractivity contribution is 5.60. The molecule has 18 heavy (non-hydrogen) atoms. The summed E-state index contributed by atoms with van der Waals surface area (Å²) in [5.41, 5.74) is 0. The van der Waals surface area contributed by atoms with E-state index in [1.165, 1.54) is 0 Å². The zero-order valence-electron chi connectivity index (χ0n) is 12.5. The molecule has 0 atom stereocenters. The Kier molecular flexibility index (Phi) is 10.9. The van der Waals surface area contributed by atoms with Gasteiger partial charge >= 0.3 is 6.16 Å². The topological polar surface area (TPSA) is 35.5 Å². The van der Waals surface area contributed by atoms with Crippen molar-refractivity contribution in [3.05, 3.63) is 0 Å². The van der Waals surface area contributed by atoms with Crippen molar-refractivity contribution in [3.8, 4) is 0 Å². The monoisotopic (exact) mass is 258 g/mol. The number of carbonyl (C=O) groups excluding carboxylic acids is 1. The standard InChI is InChI=1S/C15H30O3/c1-5-9-13(10-6-2)17-15(16)18-14(11-7-3)12-8-4/h13-14H,5-12H2,1-4H3. The number of ether oxygens (including phenoxy) is 2. The molecule has 0 fully saturated rings. The van der Waals surface area contributed by atoms with Crippen molar-refractivity contribution in [1.29, 1.82) is 0 Å². The lowest BCUT2D eigenvalue weighted by atomic mass is 10.1. The zero-order chi connectivity index (χ0) is 13.8. The minimum Gasteiger partial charge on any atom is -0.431 e. The fourth-order valence-corrected chi connectivity index (χ4v) is 2.11. The van der Waals surface area contributed by atoms with Crippen LogP contribution in [0.1, 0.15) is 79.1 Å². The Hall–Kier alpha value is -0.730. The highest BCUT2D eigenvalue weighted by Crippen LogP contribution is 2.14. The third-order valence-corrected chi connectivity index (χ3v) is 2.97. The highest BCUT2D eigenvalue weighted by Gasteiger charge is 2.18. The van der Waals surface area contributed by atoms with Crippen molar-refractivity contribution in [3.63, 3.8) is 0 Å². The molecule has 0 bridgehead atoms. The summed E-state index contributed by atoms with van der Waals surface area (Å²) in [5.74, 6) is 0. The van der Waals surface area contributed by atoms with E-state index >= 15 is 0 Å². The van der Waals surface area contributed by atoms with Crippen LogP contribution in [0.5, 0.6) is 0 Å². The lowest BCUT2D eigenvalue weighted by Gasteiger charge is -2.20. The molecule has 0 heterocycles. The first-order valence-corrected chi connectivity index (χ1v) is 7.55. The van der Waals surface area contributed by atoms with Crippen LogP contribution in [0.2, 0.25) is 0 Å². The lowest BCUT2D eigenvalue weighted by Crippen LogP contribution is -2.23. The molecule has 0 aromatic heterocycles. The molecule has 0 rings (SSSR count). The van der Waals surface area contributed by atoms with Gasteiger partial charge in [-0.05, 0) is 25.7 Å². The summed E-state index contributed by atoms with van der Waals surface area (Å²) < 4.78 is 10.8. The normalized spacial score (nSPS) is 11.0. The van der Waals surface area contributed by atoms with Crippen LogP contribution in [0.15, 0.2) is 0 Å². The number of carbonyl (C=O) groups is 1. The minimum absolute atomic E-state index is 0.0244. The summed E-state index contributed by atoms with van der Waals surface area (Å²) in [5, 5.41) is 0. The molecule has 0 saturated carbocycles. The number of hydrogen-bond donors (Lipinski definition) is 0. The molecule has 0 spiro atoms. The quantitative estimate of drug-likeness (QED) is 0.513. The van der Waals surface area contributed by atoms with Crippen molar-refractivity contribution in [2.75, 3.05) is 0 Å². The maximum atomic E-state index is 11.7. The Morgan fingerprint density at radius 3 is 1.22 bits per heavy atom. The molecule has 0 aromatic carbocycles. The van der Waals surface area contributed by atoms with Crippen LogP contribution in [0.25, 0.3) is 0 Å². The first kappa shape index (κ1) is 17.3. The fourth-order valence-electron chi connectivity index (χ4n) is 2.11. The van der Waals surface area contributed by atoms with Gasteiger partial charge in [-0.15, -0.1) is 0 Å². The largest absolute Gasteiger partial charge is 0.508 e. The predicted molar refractivity (Wildman–Crippen MR) is 74.8 cm³/mol. The van der Waals surface area contributed by atoms with E-state index in [9.17, 15) is 4.79 Å². The maximum Gasteiger partial charge on any atom is 0.508 e. The Labute approximate surface area is 112 Å². The van der Waals surface area contributed by atoms with Crippen molar-refractivity contribution in [1.82, 2.24) is 0 Å². The van der Waals surface area contributed by atoms with Gasteiger partial charge in [-0.25, -0.2) is 4.79 Å². The average molecular weight is 258 g/mol. The summed E-state index contributed by atoms with van der Waals surface area (Å²) in [4.78, 5) is 11.7. The van der Waals surface area contributed by atoms with Gasteiger partial charge in [0.25, 0.3) is 0 Å². The number of rotatable bonds is 10. The molecule has 0 N–H and O–H groups in total. The van der Waals surface area contributed by atoms with E-state index < -0.39 is 6.16 Å². The molecule has 0 aliphatic heterocycles. The van der Waals surface area contributed by atoms with Crippen LogP contribution < -0.4 is 0 Å². The van der Waals surface area contributed by atoms with E-state index in [2.05, 4.69) is 27.7 Å². The Bertz CT molecular complexity index is 172. The maximum absolute atomic E-state index is 11.7. The van der Waals surface area contributed by atoms with E-state index in [-0.39, 0.29) is 12.2 Å². The summed E-state index contributed by atoms with van der Waals surface area (Å²) in [6.45, 7) is 8.42. The molecule has 0 aromatic rings. The molecule has 0 radical (unpaired) electrons. The molecular formula is C15H30O3. The Morgan fingerprint density at radius 2 is 1.00 bits per heavy atom. The van der Waals surface area contributed by atoms with Gasteiger partial charge in [0.05, 0.1) is 0 Å². The second-order valence-corrected chi connectivity index (χ2v) is 4.88. The molecule has 0 aliphatic carbocycles. The van der Waals surface area contributed by atoms with Gasteiger partial charge in [-0.2, -0.15) is 0 Å². The highest BCUT2D eigenvalue weighted by atomic mass is 16.7. The molecule has 108 valence electrons. The van der Waals surface area contributed by atoms with Crippen LogP contribution in [0.4, 0.5) is 4.79 Å². The third-order valence-electron chi connectivity index (χ3n) is 2.97. The summed E-state index contributed by atoms with van der Waals surface area (Å²) >= 11 is 0. The molecule has 0 aliphatic rings. The van der Waals surface area contributed by atoms with Gasteiger partial charge in [0.2, 0.25) is 0 Å². The van der Waals surface area contributed by atoms with Crippen molar-refractivity contribution in [2.24, 2.45) is 0 Å². The van der Waals surface area contributed by atoms with Gasteiger partial charge < -0.3 is 9.47 Å². The Balaban J connectivity index is 4.09. The molecule has 3 nitrogen and oxygen atoms in total. The van der Waals surface area contributed by atoms with Crippen molar-refractivity contribution >= 4 is 6.16 Å². The van der Waals surface area contributed by atoms with Crippen LogP contribution in [-0.4, -0.2) is 18.4 Å². The van der Waals surface area contributed by atoms with Crippen molar-refractivity contribution in [2.45, 2.75) is 91.3 Å². The van der Waals surface area contributed by atoms with E-state index in [1.807, 2.05) is 0 Å². The predicted octanol–water partition coefficient (Wildman–Crippen LogP) is 5.08. The average Bonchev–Trinajstić information content (AvgIpc) is 2.30. The first-order chi connectivity index (χ1) is 8.67. The zero-order valence-corrected chi connectivity index (χ0v) is 12.5. The minimum atomic E-state index is -0.478. The Morgan fingerprint density at radius 1 is 0.722 bits per heavy atom. The van der Waals surface area contributed by atoms with Gasteiger partial charge in [-0.1, -0.05) is 53.4 Å². The van der Waals surface area contributed by atoms with E-state index in [1.54, 1.807) is 0 Å². The van der Waals surface area contributed by atoms with Crippen LogP contribution in [-0.2, 0) is 9.47 Å². The SMILES string of the molecule is CCCC(CCC)OC(=O)OC(CCC)CCC. The van der Waals surface area contributed by atoms with Crippen LogP contribution >= 0.6 is 0 Å². The van der Waals surface area contributed by atoms with Gasteiger partial charge in [0, 0.05) is 0 Å². The molecular weight excluding hydrogens is 228 g/mol. The first-order valence-electron chi connectivity index (χ1n) is 7.55. The van der Waals surface area contributed by atoms with Gasteiger partial charge in [0.1, 0.15) is 12.2 Å². The van der Waals surface area contributed by atoms with Gasteiger partial charge in [0.15, 0.2) is 0 Å². The molecule has 3 heteroatoms.